The Morgan fingerprint density at radius 1 is 1.20 bits per heavy atom. The second-order valence-electron chi connectivity index (χ2n) is 8.07. The highest BCUT2D eigenvalue weighted by molar-refractivity contribution is 14.0. The zero-order valence-electron chi connectivity index (χ0n) is 18.6. The van der Waals surface area contributed by atoms with E-state index in [1.54, 1.807) is 11.3 Å². The van der Waals surface area contributed by atoms with Crippen LogP contribution in [-0.2, 0) is 6.54 Å². The van der Waals surface area contributed by atoms with Gasteiger partial charge in [0, 0.05) is 43.0 Å². The standard InChI is InChI=1S/C23H35N5S.HI/c1-5-24-23(25-15-21-16-29-22(26-21)17(2)3)27-20-11-13-28(14-12-20)18(4)19-9-7-6-8-10-19;/h6-10,16-18,20H,5,11-15H2,1-4H3,(H2,24,25,27);1H. The molecular weight excluding hydrogens is 505 g/mol. The first-order valence-electron chi connectivity index (χ1n) is 10.8. The predicted molar refractivity (Wildman–Crippen MR) is 139 cm³/mol. The van der Waals surface area contributed by atoms with Crippen LogP contribution in [0.4, 0.5) is 0 Å². The van der Waals surface area contributed by atoms with Crippen molar-refractivity contribution in [3.05, 3.63) is 52.0 Å². The molecule has 3 rings (SSSR count). The van der Waals surface area contributed by atoms with Crippen molar-refractivity contribution in [3.63, 3.8) is 0 Å². The molecule has 0 amide bonds. The van der Waals surface area contributed by atoms with Gasteiger partial charge in [-0.15, -0.1) is 35.3 Å². The first kappa shape index (κ1) is 25.1. The monoisotopic (exact) mass is 541 g/mol. The van der Waals surface area contributed by atoms with Gasteiger partial charge in [0.15, 0.2) is 5.96 Å². The lowest BCUT2D eigenvalue weighted by Crippen LogP contribution is -2.49. The number of nitrogens with zero attached hydrogens (tertiary/aromatic N) is 3. The minimum Gasteiger partial charge on any atom is -0.357 e. The van der Waals surface area contributed by atoms with E-state index in [4.69, 9.17) is 9.98 Å². The molecule has 1 aliphatic heterocycles. The van der Waals surface area contributed by atoms with Crippen molar-refractivity contribution in [2.24, 2.45) is 4.99 Å². The van der Waals surface area contributed by atoms with Crippen LogP contribution in [0, 0.1) is 0 Å². The fraction of sp³-hybridized carbons (Fsp3) is 0.565. The van der Waals surface area contributed by atoms with Crippen molar-refractivity contribution in [1.82, 2.24) is 20.5 Å². The van der Waals surface area contributed by atoms with Gasteiger partial charge in [-0.2, -0.15) is 0 Å². The molecule has 5 nitrogen and oxygen atoms in total. The maximum Gasteiger partial charge on any atom is 0.191 e. The van der Waals surface area contributed by atoms with Gasteiger partial charge in [-0.25, -0.2) is 9.98 Å². The molecule has 30 heavy (non-hydrogen) atoms. The van der Waals surface area contributed by atoms with Crippen LogP contribution in [0.1, 0.15) is 68.8 Å². The summed E-state index contributed by atoms with van der Waals surface area (Å²) in [5.41, 5.74) is 2.46. The van der Waals surface area contributed by atoms with E-state index in [-0.39, 0.29) is 24.0 Å². The van der Waals surface area contributed by atoms with E-state index in [0.29, 0.717) is 24.5 Å². The van der Waals surface area contributed by atoms with Crippen LogP contribution in [0.5, 0.6) is 0 Å². The van der Waals surface area contributed by atoms with Gasteiger partial charge in [-0.3, -0.25) is 4.90 Å². The summed E-state index contributed by atoms with van der Waals surface area (Å²) < 4.78 is 0. The second-order valence-corrected chi connectivity index (χ2v) is 8.96. The molecule has 0 aliphatic carbocycles. The number of benzene rings is 1. The second kappa shape index (κ2) is 12.6. The summed E-state index contributed by atoms with van der Waals surface area (Å²) >= 11 is 1.73. The number of halogens is 1. The van der Waals surface area contributed by atoms with E-state index in [1.807, 2.05) is 0 Å². The Morgan fingerprint density at radius 3 is 2.50 bits per heavy atom. The van der Waals surface area contributed by atoms with E-state index in [2.05, 4.69) is 78.9 Å². The van der Waals surface area contributed by atoms with Crippen LogP contribution in [0.2, 0.25) is 0 Å². The molecule has 166 valence electrons. The normalized spacial score (nSPS) is 16.9. The molecule has 1 fully saturated rings. The van der Waals surface area contributed by atoms with Gasteiger partial charge >= 0.3 is 0 Å². The molecule has 1 aromatic carbocycles. The largest absolute Gasteiger partial charge is 0.357 e. The minimum atomic E-state index is 0. The van der Waals surface area contributed by atoms with Gasteiger partial charge in [0.05, 0.1) is 17.2 Å². The zero-order valence-corrected chi connectivity index (χ0v) is 21.7. The van der Waals surface area contributed by atoms with Crippen molar-refractivity contribution < 1.29 is 0 Å². The van der Waals surface area contributed by atoms with Crippen LogP contribution >= 0.6 is 35.3 Å². The fourth-order valence-corrected chi connectivity index (χ4v) is 4.53. The first-order valence-corrected chi connectivity index (χ1v) is 11.7. The first-order chi connectivity index (χ1) is 14.1. The summed E-state index contributed by atoms with van der Waals surface area (Å²) in [6, 6.07) is 11.7. The van der Waals surface area contributed by atoms with Gasteiger partial charge in [0.1, 0.15) is 0 Å². The SMILES string of the molecule is CCNC(=NCc1csc(C(C)C)n1)NC1CCN(C(C)c2ccccc2)CC1.I. The third-order valence-electron chi connectivity index (χ3n) is 5.51. The molecule has 0 bridgehead atoms. The van der Waals surface area contributed by atoms with Crippen LogP contribution < -0.4 is 10.6 Å². The van der Waals surface area contributed by atoms with E-state index in [9.17, 15) is 0 Å². The summed E-state index contributed by atoms with van der Waals surface area (Å²) in [6.07, 6.45) is 2.27. The molecule has 0 saturated carbocycles. The zero-order chi connectivity index (χ0) is 20.6. The molecule has 2 heterocycles. The number of likely N-dealkylation sites (tertiary alicyclic amines) is 1. The Labute approximate surface area is 202 Å². The Bertz CT molecular complexity index is 769. The molecule has 0 spiro atoms. The average Bonchev–Trinajstić information content (AvgIpc) is 3.22. The molecule has 0 radical (unpaired) electrons. The Morgan fingerprint density at radius 2 is 1.90 bits per heavy atom. The van der Waals surface area contributed by atoms with Crippen molar-refractivity contribution in [3.8, 4) is 0 Å². The van der Waals surface area contributed by atoms with Crippen LogP contribution in [-0.4, -0.2) is 41.5 Å². The summed E-state index contributed by atoms with van der Waals surface area (Å²) in [5.74, 6) is 1.38. The molecule has 7 heteroatoms. The molecule has 1 saturated heterocycles. The molecule has 1 aliphatic rings. The van der Waals surface area contributed by atoms with Gasteiger partial charge in [0.2, 0.25) is 0 Å². The van der Waals surface area contributed by atoms with Gasteiger partial charge in [0.25, 0.3) is 0 Å². The topological polar surface area (TPSA) is 52.6 Å². The highest BCUT2D eigenvalue weighted by atomic mass is 127. The summed E-state index contributed by atoms with van der Waals surface area (Å²) in [6.45, 7) is 12.5. The molecule has 1 unspecified atom stereocenters. The Balaban J connectivity index is 0.00000320. The van der Waals surface area contributed by atoms with Gasteiger partial charge in [-0.1, -0.05) is 44.2 Å². The van der Waals surface area contributed by atoms with Crippen LogP contribution in [0.15, 0.2) is 40.7 Å². The molecule has 2 N–H and O–H groups in total. The number of guanidine groups is 1. The third-order valence-corrected chi connectivity index (χ3v) is 6.70. The number of nitrogens with one attached hydrogen (secondary N) is 2. The minimum absolute atomic E-state index is 0. The Kier molecular flexibility index (Phi) is 10.5. The van der Waals surface area contributed by atoms with Crippen molar-refractivity contribution in [2.45, 2.75) is 65.1 Å². The van der Waals surface area contributed by atoms with E-state index < -0.39 is 0 Å². The summed E-state index contributed by atoms with van der Waals surface area (Å²) in [7, 11) is 0. The lowest BCUT2D eigenvalue weighted by Gasteiger charge is -2.37. The average molecular weight is 542 g/mol. The predicted octanol–water partition coefficient (Wildman–Crippen LogP) is 5.17. The Hall–Kier alpha value is -1.19. The maximum atomic E-state index is 4.78. The van der Waals surface area contributed by atoms with Crippen molar-refractivity contribution >= 4 is 41.3 Å². The number of thiazole rings is 1. The maximum absolute atomic E-state index is 4.78. The lowest BCUT2D eigenvalue weighted by atomic mass is 10.0. The van der Waals surface area contributed by atoms with Gasteiger partial charge in [-0.05, 0) is 32.3 Å². The highest BCUT2D eigenvalue weighted by Crippen LogP contribution is 2.24. The van der Waals surface area contributed by atoms with E-state index in [1.165, 1.54) is 10.6 Å². The van der Waals surface area contributed by atoms with E-state index in [0.717, 1.165) is 44.1 Å². The third kappa shape index (κ3) is 7.20. The molecule has 2 aromatic rings. The number of aromatic nitrogens is 1. The molecule has 1 atom stereocenters. The number of aliphatic imine (C=N–C) groups is 1. The van der Waals surface area contributed by atoms with Crippen molar-refractivity contribution in [1.29, 1.82) is 0 Å². The molecule has 1 aromatic heterocycles. The number of hydrogen-bond donors (Lipinski definition) is 2. The number of rotatable bonds is 7. The van der Waals surface area contributed by atoms with Gasteiger partial charge < -0.3 is 10.6 Å². The quantitative estimate of drug-likeness (QED) is 0.289. The summed E-state index contributed by atoms with van der Waals surface area (Å²) in [5, 5.41) is 10.4. The number of hydrogen-bond acceptors (Lipinski definition) is 4. The lowest BCUT2D eigenvalue weighted by molar-refractivity contribution is 0.158. The smallest absolute Gasteiger partial charge is 0.191 e. The highest BCUT2D eigenvalue weighted by Gasteiger charge is 2.24. The summed E-state index contributed by atoms with van der Waals surface area (Å²) in [4.78, 5) is 12.1. The number of piperidine rings is 1. The fourth-order valence-electron chi connectivity index (χ4n) is 3.71. The van der Waals surface area contributed by atoms with Crippen LogP contribution in [0.25, 0.3) is 0 Å². The van der Waals surface area contributed by atoms with Crippen molar-refractivity contribution in [2.75, 3.05) is 19.6 Å². The van der Waals surface area contributed by atoms with Crippen LogP contribution in [0.3, 0.4) is 0 Å². The van der Waals surface area contributed by atoms with E-state index >= 15 is 0 Å². The molecular formula is C23H36IN5S.